The zero-order chi connectivity index (χ0) is 20.0. The van der Waals surface area contributed by atoms with Gasteiger partial charge in [0.2, 0.25) is 11.8 Å². The minimum Gasteiger partial charge on any atom is -0.333 e. The van der Waals surface area contributed by atoms with Gasteiger partial charge in [-0.3, -0.25) is 19.7 Å². The smallest absolute Gasteiger partial charge is 0.276 e. The number of nitrogens with one attached hydrogen (secondary N) is 1. The van der Waals surface area contributed by atoms with E-state index in [4.69, 9.17) is 23.2 Å². The van der Waals surface area contributed by atoms with Crippen molar-refractivity contribution < 1.29 is 14.5 Å². The summed E-state index contributed by atoms with van der Waals surface area (Å²) in [6, 6.07) is 10.7. The molecule has 0 heterocycles. The summed E-state index contributed by atoms with van der Waals surface area (Å²) in [5, 5.41) is 14.2. The maximum atomic E-state index is 12.1. The quantitative estimate of drug-likeness (QED) is 0.444. The van der Waals surface area contributed by atoms with Crippen LogP contribution in [0.2, 0.25) is 10.0 Å². The van der Waals surface area contributed by atoms with Gasteiger partial charge in [0.25, 0.3) is 5.69 Å². The van der Waals surface area contributed by atoms with E-state index in [-0.39, 0.29) is 12.2 Å². The minimum atomic E-state index is -0.529. The van der Waals surface area contributed by atoms with E-state index < -0.39 is 16.7 Å². The molecule has 9 heteroatoms. The number of rotatable bonds is 6. The van der Waals surface area contributed by atoms with Crippen LogP contribution in [0.5, 0.6) is 0 Å². The van der Waals surface area contributed by atoms with Crippen molar-refractivity contribution in [1.82, 2.24) is 4.90 Å². The highest BCUT2D eigenvalue weighted by atomic mass is 35.5. The van der Waals surface area contributed by atoms with Gasteiger partial charge in [-0.2, -0.15) is 0 Å². The van der Waals surface area contributed by atoms with Gasteiger partial charge in [0.15, 0.2) is 0 Å². The zero-order valence-electron chi connectivity index (χ0n) is 14.2. The van der Waals surface area contributed by atoms with Crippen molar-refractivity contribution in [3.05, 3.63) is 74.3 Å². The topological polar surface area (TPSA) is 92.6 Å². The van der Waals surface area contributed by atoms with Crippen LogP contribution in [-0.2, 0) is 9.59 Å². The number of nitro benzene ring substituents is 1. The number of nitrogens with zero attached hydrogens (tertiary/aromatic N) is 2. The Balaban J connectivity index is 1.98. The van der Waals surface area contributed by atoms with Crippen LogP contribution in [0.25, 0.3) is 6.08 Å². The third-order valence-corrected chi connectivity index (χ3v) is 4.24. The third kappa shape index (κ3) is 5.80. The Morgan fingerprint density at radius 1 is 1.19 bits per heavy atom. The highest BCUT2D eigenvalue weighted by Gasteiger charge is 2.13. The molecular formula is C18H15Cl2N3O4. The second-order valence-corrected chi connectivity index (χ2v) is 6.34. The van der Waals surface area contributed by atoms with E-state index >= 15 is 0 Å². The Kier molecular flexibility index (Phi) is 6.92. The molecule has 140 valence electrons. The molecule has 0 bridgehead atoms. The largest absolute Gasteiger partial charge is 0.333 e. The number of para-hydroxylation sites is 1. The molecule has 7 nitrogen and oxygen atoms in total. The van der Waals surface area contributed by atoms with Crippen LogP contribution in [0.15, 0.2) is 48.5 Å². The van der Waals surface area contributed by atoms with Crippen molar-refractivity contribution in [3.63, 3.8) is 0 Å². The lowest BCUT2D eigenvalue weighted by Crippen LogP contribution is -2.33. The Bertz CT molecular complexity index is 915. The zero-order valence-corrected chi connectivity index (χ0v) is 15.7. The van der Waals surface area contributed by atoms with Gasteiger partial charge >= 0.3 is 0 Å². The summed E-state index contributed by atoms with van der Waals surface area (Å²) < 4.78 is 0. The van der Waals surface area contributed by atoms with Gasteiger partial charge in [-0.25, -0.2) is 0 Å². The van der Waals surface area contributed by atoms with Crippen molar-refractivity contribution in [3.8, 4) is 0 Å². The molecule has 0 saturated carbocycles. The lowest BCUT2D eigenvalue weighted by Gasteiger charge is -2.15. The standard InChI is InChI=1S/C18H15Cl2N3O4/c1-22(11-17(24)21-13-7-8-14(19)15(20)10-13)18(25)9-6-12-4-2-3-5-16(12)23(26)27/h2-10H,11H2,1H3,(H,21,24)/b9-6+. The lowest BCUT2D eigenvalue weighted by molar-refractivity contribution is -0.385. The monoisotopic (exact) mass is 407 g/mol. The Morgan fingerprint density at radius 3 is 2.56 bits per heavy atom. The summed E-state index contributed by atoms with van der Waals surface area (Å²) in [6.07, 6.45) is 2.52. The molecule has 2 rings (SSSR count). The molecule has 2 aromatic carbocycles. The predicted octanol–water partition coefficient (Wildman–Crippen LogP) is 4.01. The third-order valence-electron chi connectivity index (χ3n) is 3.50. The van der Waals surface area contributed by atoms with Crippen LogP contribution >= 0.6 is 23.2 Å². The summed E-state index contributed by atoms with van der Waals surface area (Å²) in [7, 11) is 1.44. The molecule has 0 aliphatic carbocycles. The van der Waals surface area contributed by atoms with E-state index in [0.29, 0.717) is 21.3 Å². The first-order chi connectivity index (χ1) is 12.8. The Labute approximate surface area is 165 Å². The molecule has 27 heavy (non-hydrogen) atoms. The number of hydrogen-bond donors (Lipinski definition) is 1. The molecule has 0 radical (unpaired) electrons. The van der Waals surface area contributed by atoms with E-state index in [1.54, 1.807) is 18.2 Å². The number of benzene rings is 2. The number of anilines is 1. The average molecular weight is 408 g/mol. The number of likely N-dealkylation sites (N-methyl/N-ethyl adjacent to an activating group) is 1. The summed E-state index contributed by atoms with van der Waals surface area (Å²) in [5.74, 6) is -0.902. The first kappa shape index (κ1) is 20.4. The van der Waals surface area contributed by atoms with Crippen molar-refractivity contribution >= 4 is 52.5 Å². The molecular weight excluding hydrogens is 393 g/mol. The number of carbonyl (C=O) groups is 2. The van der Waals surface area contributed by atoms with E-state index in [0.717, 1.165) is 0 Å². The second kappa shape index (κ2) is 9.16. The molecule has 0 spiro atoms. The van der Waals surface area contributed by atoms with Gasteiger partial charge in [-0.05, 0) is 30.3 Å². The van der Waals surface area contributed by atoms with Gasteiger partial charge in [0.1, 0.15) is 0 Å². The second-order valence-electron chi connectivity index (χ2n) is 5.52. The number of nitro groups is 1. The number of amides is 2. The molecule has 1 N–H and O–H groups in total. The van der Waals surface area contributed by atoms with Gasteiger partial charge in [0, 0.05) is 24.9 Å². The van der Waals surface area contributed by atoms with Crippen molar-refractivity contribution in [2.75, 3.05) is 18.9 Å². The maximum absolute atomic E-state index is 12.1. The Morgan fingerprint density at radius 2 is 1.89 bits per heavy atom. The van der Waals surface area contributed by atoms with Crippen molar-refractivity contribution in [2.45, 2.75) is 0 Å². The van der Waals surface area contributed by atoms with E-state index in [9.17, 15) is 19.7 Å². The highest BCUT2D eigenvalue weighted by molar-refractivity contribution is 6.42. The normalized spacial score (nSPS) is 10.6. The van der Waals surface area contributed by atoms with Crippen LogP contribution in [-0.4, -0.2) is 35.2 Å². The highest BCUT2D eigenvalue weighted by Crippen LogP contribution is 2.25. The molecule has 0 fully saturated rings. The molecule has 0 unspecified atom stereocenters. The minimum absolute atomic E-state index is 0.110. The molecule has 2 amide bonds. The van der Waals surface area contributed by atoms with E-state index in [1.807, 2.05) is 0 Å². The summed E-state index contributed by atoms with van der Waals surface area (Å²) in [5.41, 5.74) is 0.636. The van der Waals surface area contributed by atoms with Crippen LogP contribution in [0.3, 0.4) is 0 Å². The van der Waals surface area contributed by atoms with Crippen LogP contribution in [0, 0.1) is 10.1 Å². The summed E-state index contributed by atoms with van der Waals surface area (Å²) in [6.45, 7) is -0.208. The van der Waals surface area contributed by atoms with Gasteiger partial charge < -0.3 is 10.2 Å². The number of hydrogen-bond acceptors (Lipinski definition) is 4. The van der Waals surface area contributed by atoms with Gasteiger partial charge in [-0.15, -0.1) is 0 Å². The molecule has 0 aliphatic rings. The summed E-state index contributed by atoms with van der Waals surface area (Å²) in [4.78, 5) is 35.8. The molecule has 0 saturated heterocycles. The summed E-state index contributed by atoms with van der Waals surface area (Å²) >= 11 is 11.7. The fourth-order valence-corrected chi connectivity index (χ4v) is 2.45. The van der Waals surface area contributed by atoms with E-state index in [1.165, 1.54) is 48.4 Å². The fourth-order valence-electron chi connectivity index (χ4n) is 2.15. The molecule has 0 aromatic heterocycles. The van der Waals surface area contributed by atoms with Crippen LogP contribution in [0.4, 0.5) is 11.4 Å². The first-order valence-electron chi connectivity index (χ1n) is 7.69. The van der Waals surface area contributed by atoms with Gasteiger partial charge in [-0.1, -0.05) is 35.3 Å². The van der Waals surface area contributed by atoms with Crippen LogP contribution < -0.4 is 5.32 Å². The Hall–Kier alpha value is -2.90. The average Bonchev–Trinajstić information content (AvgIpc) is 2.62. The van der Waals surface area contributed by atoms with E-state index in [2.05, 4.69) is 5.32 Å². The van der Waals surface area contributed by atoms with Crippen molar-refractivity contribution in [1.29, 1.82) is 0 Å². The van der Waals surface area contributed by atoms with Crippen molar-refractivity contribution in [2.24, 2.45) is 0 Å². The van der Waals surface area contributed by atoms with Gasteiger partial charge in [0.05, 0.1) is 27.1 Å². The fraction of sp³-hybridized carbons (Fsp3) is 0.111. The number of halogens is 2. The van der Waals surface area contributed by atoms with Crippen LogP contribution in [0.1, 0.15) is 5.56 Å². The lowest BCUT2D eigenvalue weighted by atomic mass is 10.1. The molecule has 2 aromatic rings. The predicted molar refractivity (Wildman–Crippen MR) is 105 cm³/mol. The SMILES string of the molecule is CN(CC(=O)Nc1ccc(Cl)c(Cl)c1)C(=O)/C=C/c1ccccc1[N+](=O)[O-]. The molecule has 0 atom stereocenters. The molecule has 0 aliphatic heterocycles. The maximum Gasteiger partial charge on any atom is 0.276 e. The number of carbonyl (C=O) groups excluding carboxylic acids is 2. The first-order valence-corrected chi connectivity index (χ1v) is 8.45.